The SMILES string of the molecule is CN1CCc2c(N)c([N+](=O)[O-])cc(Br)c2C1.CN1CCc2c(ccc(N)c2N)C1. The number of nitro benzene ring substituents is 1. The second-order valence-corrected chi connectivity index (χ2v) is 8.54. The summed E-state index contributed by atoms with van der Waals surface area (Å²) in [6, 6.07) is 5.47. The van der Waals surface area contributed by atoms with Crippen molar-refractivity contribution in [1.82, 2.24) is 9.80 Å². The number of benzene rings is 2. The van der Waals surface area contributed by atoms with Gasteiger partial charge in [0.1, 0.15) is 5.69 Å². The normalized spacial score (nSPS) is 16.4. The lowest BCUT2D eigenvalue weighted by Crippen LogP contribution is -2.27. The maximum Gasteiger partial charge on any atom is 0.293 e. The summed E-state index contributed by atoms with van der Waals surface area (Å²) in [5.74, 6) is 0. The molecular weight excluding hydrogens is 436 g/mol. The van der Waals surface area contributed by atoms with E-state index in [9.17, 15) is 10.1 Å². The van der Waals surface area contributed by atoms with Crippen LogP contribution in [0.2, 0.25) is 0 Å². The first-order valence-electron chi connectivity index (χ1n) is 9.46. The van der Waals surface area contributed by atoms with Crippen LogP contribution in [-0.2, 0) is 25.9 Å². The first-order chi connectivity index (χ1) is 13.7. The van der Waals surface area contributed by atoms with Crippen LogP contribution >= 0.6 is 15.9 Å². The van der Waals surface area contributed by atoms with E-state index in [4.69, 9.17) is 17.2 Å². The van der Waals surface area contributed by atoms with Crippen LogP contribution < -0.4 is 17.2 Å². The summed E-state index contributed by atoms with van der Waals surface area (Å²) >= 11 is 3.38. The molecule has 8 nitrogen and oxygen atoms in total. The second-order valence-electron chi connectivity index (χ2n) is 7.69. The van der Waals surface area contributed by atoms with E-state index in [1.165, 1.54) is 17.2 Å². The Bertz CT molecular complexity index is 949. The Morgan fingerprint density at radius 2 is 1.59 bits per heavy atom. The minimum absolute atomic E-state index is 0.00446. The lowest BCUT2D eigenvalue weighted by Gasteiger charge is -2.26. The molecule has 0 bridgehead atoms. The van der Waals surface area contributed by atoms with E-state index in [0.717, 1.165) is 60.3 Å². The molecule has 2 aliphatic heterocycles. The third-order valence-electron chi connectivity index (χ3n) is 5.56. The average molecular weight is 463 g/mol. The van der Waals surface area contributed by atoms with Crippen molar-refractivity contribution < 1.29 is 4.92 Å². The van der Waals surface area contributed by atoms with Crippen molar-refractivity contribution in [2.24, 2.45) is 0 Å². The Morgan fingerprint density at radius 1 is 0.966 bits per heavy atom. The van der Waals surface area contributed by atoms with Gasteiger partial charge in [-0.25, -0.2) is 0 Å². The van der Waals surface area contributed by atoms with E-state index in [1.807, 2.05) is 13.1 Å². The Kier molecular flexibility index (Phi) is 6.30. The summed E-state index contributed by atoms with van der Waals surface area (Å²) in [5, 5.41) is 10.8. The number of hydrogen-bond donors (Lipinski definition) is 3. The third-order valence-corrected chi connectivity index (χ3v) is 6.26. The fraction of sp³-hybridized carbons (Fsp3) is 0.400. The topological polar surface area (TPSA) is 128 Å². The van der Waals surface area contributed by atoms with Crippen molar-refractivity contribution in [3.05, 3.63) is 55.0 Å². The number of nitrogens with zero attached hydrogens (tertiary/aromatic N) is 3. The maximum absolute atomic E-state index is 10.8. The largest absolute Gasteiger partial charge is 0.397 e. The van der Waals surface area contributed by atoms with E-state index in [-0.39, 0.29) is 5.69 Å². The zero-order valence-corrected chi connectivity index (χ0v) is 18.3. The Balaban J connectivity index is 0.000000169. The third kappa shape index (κ3) is 4.47. The van der Waals surface area contributed by atoms with Crippen LogP contribution in [0.25, 0.3) is 0 Å². The molecule has 2 heterocycles. The zero-order valence-electron chi connectivity index (χ0n) is 16.7. The molecule has 0 radical (unpaired) electrons. The summed E-state index contributed by atoms with van der Waals surface area (Å²) in [5.41, 5.74) is 23.8. The fourth-order valence-electron chi connectivity index (χ4n) is 3.85. The fourth-order valence-corrected chi connectivity index (χ4v) is 4.43. The molecule has 0 unspecified atom stereocenters. The van der Waals surface area contributed by atoms with Gasteiger partial charge in [0.25, 0.3) is 5.69 Å². The number of rotatable bonds is 1. The highest BCUT2D eigenvalue weighted by molar-refractivity contribution is 9.10. The quantitative estimate of drug-likeness (QED) is 0.337. The van der Waals surface area contributed by atoms with Gasteiger partial charge in [0.2, 0.25) is 0 Å². The van der Waals surface area contributed by atoms with Crippen molar-refractivity contribution in [3.8, 4) is 0 Å². The van der Waals surface area contributed by atoms with Gasteiger partial charge in [-0.1, -0.05) is 22.0 Å². The summed E-state index contributed by atoms with van der Waals surface area (Å²) in [6.07, 6.45) is 1.78. The molecule has 0 spiro atoms. The van der Waals surface area contributed by atoms with Gasteiger partial charge in [-0.05, 0) is 55.3 Å². The molecule has 0 fully saturated rings. The first-order valence-corrected chi connectivity index (χ1v) is 10.2. The van der Waals surface area contributed by atoms with Crippen LogP contribution in [0.1, 0.15) is 22.3 Å². The lowest BCUT2D eigenvalue weighted by molar-refractivity contribution is -0.384. The molecule has 0 atom stereocenters. The molecule has 0 saturated carbocycles. The minimum atomic E-state index is -0.432. The number of halogens is 1. The number of hydrogen-bond acceptors (Lipinski definition) is 7. The minimum Gasteiger partial charge on any atom is -0.397 e. The molecule has 0 saturated heterocycles. The Labute approximate surface area is 178 Å². The zero-order chi connectivity index (χ0) is 21.3. The first kappa shape index (κ1) is 21.4. The molecule has 29 heavy (non-hydrogen) atoms. The van der Waals surface area contributed by atoms with E-state index < -0.39 is 4.92 Å². The highest BCUT2D eigenvalue weighted by atomic mass is 79.9. The smallest absolute Gasteiger partial charge is 0.293 e. The number of nitrogen functional groups attached to an aromatic ring is 3. The van der Waals surface area contributed by atoms with Crippen LogP contribution in [0.5, 0.6) is 0 Å². The van der Waals surface area contributed by atoms with Gasteiger partial charge in [0.15, 0.2) is 0 Å². The van der Waals surface area contributed by atoms with Crippen LogP contribution in [0.15, 0.2) is 22.7 Å². The van der Waals surface area contributed by atoms with Crippen molar-refractivity contribution in [2.75, 3.05) is 44.4 Å². The van der Waals surface area contributed by atoms with Gasteiger partial charge >= 0.3 is 0 Å². The van der Waals surface area contributed by atoms with Crippen molar-refractivity contribution in [3.63, 3.8) is 0 Å². The summed E-state index contributed by atoms with van der Waals surface area (Å²) < 4.78 is 0.773. The molecule has 0 aliphatic carbocycles. The van der Waals surface area contributed by atoms with Crippen LogP contribution in [0, 0.1) is 10.1 Å². The van der Waals surface area contributed by atoms with Gasteiger partial charge in [-0.2, -0.15) is 0 Å². The molecule has 4 rings (SSSR count). The predicted molar refractivity (Wildman–Crippen MR) is 121 cm³/mol. The van der Waals surface area contributed by atoms with Crippen LogP contribution in [0.3, 0.4) is 0 Å². The van der Waals surface area contributed by atoms with Gasteiger partial charge in [-0.15, -0.1) is 0 Å². The maximum atomic E-state index is 10.8. The summed E-state index contributed by atoms with van der Waals surface area (Å²) in [4.78, 5) is 14.8. The van der Waals surface area contributed by atoms with Crippen LogP contribution in [0.4, 0.5) is 22.7 Å². The van der Waals surface area contributed by atoms with E-state index in [1.54, 1.807) is 0 Å². The lowest BCUT2D eigenvalue weighted by atomic mass is 9.97. The summed E-state index contributed by atoms with van der Waals surface area (Å²) in [6.45, 7) is 3.71. The molecule has 9 heteroatoms. The van der Waals surface area contributed by atoms with E-state index in [2.05, 4.69) is 38.8 Å². The molecule has 156 valence electrons. The van der Waals surface area contributed by atoms with Crippen LogP contribution in [-0.4, -0.2) is 41.9 Å². The average Bonchev–Trinajstić information content (AvgIpc) is 2.68. The summed E-state index contributed by atoms with van der Waals surface area (Å²) in [7, 11) is 4.14. The van der Waals surface area contributed by atoms with Gasteiger partial charge in [0.05, 0.1) is 16.3 Å². The number of likely N-dealkylation sites (N-methyl/N-ethyl adjacent to an activating group) is 2. The molecule has 2 aromatic carbocycles. The predicted octanol–water partition coefficient (Wildman–Crippen LogP) is 2.77. The molecule has 6 N–H and O–H groups in total. The standard InChI is InChI=1S/C10H12BrN3O2.C10H15N3/c1-13-3-2-6-7(5-13)8(11)4-9(10(6)12)14(15)16;1-13-5-4-8-7(6-13)2-3-9(11)10(8)12/h4H,2-3,5,12H2,1H3;2-3H,4-6,11-12H2,1H3. The van der Waals surface area contributed by atoms with Gasteiger partial charge in [-0.3, -0.25) is 10.1 Å². The van der Waals surface area contributed by atoms with E-state index in [0.29, 0.717) is 11.4 Å². The molecule has 2 aliphatic rings. The highest BCUT2D eigenvalue weighted by Crippen LogP contribution is 2.37. The van der Waals surface area contributed by atoms with E-state index >= 15 is 0 Å². The van der Waals surface area contributed by atoms with Gasteiger partial charge in [0, 0.05) is 36.7 Å². The highest BCUT2D eigenvalue weighted by Gasteiger charge is 2.25. The number of anilines is 3. The number of nitro groups is 1. The molecule has 0 aromatic heterocycles. The number of fused-ring (bicyclic) bond motifs is 2. The monoisotopic (exact) mass is 462 g/mol. The van der Waals surface area contributed by atoms with Crippen molar-refractivity contribution in [1.29, 1.82) is 0 Å². The molecule has 2 aromatic rings. The molecular formula is C20H27BrN6O2. The van der Waals surface area contributed by atoms with Crippen molar-refractivity contribution in [2.45, 2.75) is 25.9 Å². The Hall–Kier alpha value is -2.36. The molecule has 0 amide bonds. The number of nitrogens with two attached hydrogens (primary N) is 3. The second kappa shape index (κ2) is 8.56. The Morgan fingerprint density at radius 3 is 2.24 bits per heavy atom. The van der Waals surface area contributed by atoms with Crippen molar-refractivity contribution >= 4 is 38.7 Å². The van der Waals surface area contributed by atoms with Gasteiger partial charge < -0.3 is 27.0 Å².